The van der Waals surface area contributed by atoms with Crippen molar-refractivity contribution in [3.63, 3.8) is 0 Å². The summed E-state index contributed by atoms with van der Waals surface area (Å²) < 4.78 is 22.9. The van der Waals surface area contributed by atoms with Crippen molar-refractivity contribution in [2.24, 2.45) is 5.41 Å². The molecule has 2 atom stereocenters. The standard InChI is InChI=1S/C9H18O3S/c1-9(2)5-4-7(10)6-8(9)13(3,11)12/h7-8,10H,4-6H2,1-3H3. The molecular formula is C9H18O3S. The maximum absolute atomic E-state index is 11.4. The molecule has 1 fully saturated rings. The zero-order chi connectivity index (χ0) is 10.3. The Morgan fingerprint density at radius 2 is 1.92 bits per heavy atom. The van der Waals surface area contributed by atoms with E-state index in [2.05, 4.69) is 0 Å². The van der Waals surface area contributed by atoms with E-state index in [4.69, 9.17) is 0 Å². The topological polar surface area (TPSA) is 54.4 Å². The second-order valence-corrected chi connectivity index (χ2v) is 6.96. The van der Waals surface area contributed by atoms with Gasteiger partial charge in [0.25, 0.3) is 0 Å². The Labute approximate surface area is 80.1 Å². The Morgan fingerprint density at radius 3 is 2.31 bits per heavy atom. The largest absolute Gasteiger partial charge is 0.393 e. The van der Waals surface area contributed by atoms with E-state index in [0.717, 1.165) is 12.8 Å². The quantitative estimate of drug-likeness (QED) is 0.695. The molecule has 1 rings (SSSR count). The van der Waals surface area contributed by atoms with Crippen molar-refractivity contribution in [3.8, 4) is 0 Å². The van der Waals surface area contributed by atoms with Gasteiger partial charge in [-0.3, -0.25) is 0 Å². The van der Waals surface area contributed by atoms with E-state index in [1.54, 1.807) is 0 Å². The fourth-order valence-electron chi connectivity index (χ4n) is 2.14. The minimum atomic E-state index is -3.03. The van der Waals surface area contributed by atoms with Gasteiger partial charge in [0.2, 0.25) is 0 Å². The van der Waals surface area contributed by atoms with E-state index in [0.29, 0.717) is 6.42 Å². The highest BCUT2D eigenvalue weighted by atomic mass is 32.2. The molecule has 0 spiro atoms. The van der Waals surface area contributed by atoms with Gasteiger partial charge in [-0.05, 0) is 24.7 Å². The summed E-state index contributed by atoms with van der Waals surface area (Å²) in [4.78, 5) is 0. The molecule has 78 valence electrons. The van der Waals surface area contributed by atoms with Gasteiger partial charge in [-0.25, -0.2) is 8.42 Å². The third-order valence-corrected chi connectivity index (χ3v) is 4.86. The summed E-state index contributed by atoms with van der Waals surface area (Å²) in [6.07, 6.45) is 2.72. The van der Waals surface area contributed by atoms with E-state index >= 15 is 0 Å². The molecule has 13 heavy (non-hydrogen) atoms. The van der Waals surface area contributed by atoms with Gasteiger partial charge < -0.3 is 5.11 Å². The summed E-state index contributed by atoms with van der Waals surface area (Å²) in [7, 11) is -3.03. The summed E-state index contributed by atoms with van der Waals surface area (Å²) in [5.74, 6) is 0. The lowest BCUT2D eigenvalue weighted by Crippen LogP contribution is -2.43. The Balaban J connectivity index is 2.91. The van der Waals surface area contributed by atoms with E-state index in [1.165, 1.54) is 6.26 Å². The lowest BCUT2D eigenvalue weighted by atomic mass is 9.76. The van der Waals surface area contributed by atoms with Crippen LogP contribution in [0.15, 0.2) is 0 Å². The van der Waals surface area contributed by atoms with Crippen LogP contribution in [0.1, 0.15) is 33.1 Å². The van der Waals surface area contributed by atoms with Crippen LogP contribution in [0.2, 0.25) is 0 Å². The fourth-order valence-corrected chi connectivity index (χ4v) is 3.99. The molecule has 3 nitrogen and oxygen atoms in total. The molecule has 1 saturated carbocycles. The van der Waals surface area contributed by atoms with Crippen LogP contribution < -0.4 is 0 Å². The molecule has 1 N–H and O–H groups in total. The van der Waals surface area contributed by atoms with Gasteiger partial charge in [-0.15, -0.1) is 0 Å². The van der Waals surface area contributed by atoms with Crippen molar-refractivity contribution in [2.45, 2.75) is 44.5 Å². The van der Waals surface area contributed by atoms with Gasteiger partial charge in [-0.2, -0.15) is 0 Å². The Bertz CT molecular complexity index is 279. The van der Waals surface area contributed by atoms with Crippen LogP contribution in [-0.4, -0.2) is 31.1 Å². The summed E-state index contributed by atoms with van der Waals surface area (Å²) in [6.45, 7) is 3.93. The fraction of sp³-hybridized carbons (Fsp3) is 1.00. The van der Waals surface area contributed by atoms with Crippen LogP contribution in [0.3, 0.4) is 0 Å². The molecule has 0 heterocycles. The zero-order valence-electron chi connectivity index (χ0n) is 8.45. The van der Waals surface area contributed by atoms with Gasteiger partial charge in [-0.1, -0.05) is 13.8 Å². The number of hydrogen-bond acceptors (Lipinski definition) is 3. The van der Waals surface area contributed by atoms with E-state index in [-0.39, 0.29) is 10.7 Å². The molecule has 0 aromatic carbocycles. The lowest BCUT2D eigenvalue weighted by molar-refractivity contribution is 0.0829. The van der Waals surface area contributed by atoms with E-state index in [1.807, 2.05) is 13.8 Å². The SMILES string of the molecule is CC1(C)CCC(O)CC1S(C)(=O)=O. The maximum Gasteiger partial charge on any atom is 0.150 e. The molecule has 0 aromatic heterocycles. The van der Waals surface area contributed by atoms with E-state index in [9.17, 15) is 13.5 Å². The molecule has 0 aromatic rings. The molecular weight excluding hydrogens is 188 g/mol. The molecule has 0 saturated heterocycles. The molecule has 2 unspecified atom stereocenters. The Morgan fingerprint density at radius 1 is 1.38 bits per heavy atom. The minimum Gasteiger partial charge on any atom is -0.393 e. The van der Waals surface area contributed by atoms with Gasteiger partial charge in [0.1, 0.15) is 0 Å². The molecule has 0 radical (unpaired) electrons. The highest BCUT2D eigenvalue weighted by Gasteiger charge is 2.41. The smallest absolute Gasteiger partial charge is 0.150 e. The van der Waals surface area contributed by atoms with Gasteiger partial charge in [0.15, 0.2) is 9.84 Å². The predicted molar refractivity (Wildman–Crippen MR) is 52.3 cm³/mol. The molecule has 0 amide bonds. The second-order valence-electron chi connectivity index (χ2n) is 4.73. The Hall–Kier alpha value is -0.0900. The second kappa shape index (κ2) is 3.24. The van der Waals surface area contributed by atoms with Crippen LogP contribution in [0.5, 0.6) is 0 Å². The van der Waals surface area contributed by atoms with Gasteiger partial charge >= 0.3 is 0 Å². The first-order valence-electron chi connectivity index (χ1n) is 4.60. The van der Waals surface area contributed by atoms with E-state index < -0.39 is 15.9 Å². The molecule has 0 aliphatic heterocycles. The van der Waals surface area contributed by atoms with Crippen LogP contribution in [0.25, 0.3) is 0 Å². The maximum atomic E-state index is 11.4. The van der Waals surface area contributed by atoms with Crippen LogP contribution >= 0.6 is 0 Å². The summed E-state index contributed by atoms with van der Waals surface area (Å²) in [6, 6.07) is 0. The minimum absolute atomic E-state index is 0.188. The third kappa shape index (κ3) is 2.44. The van der Waals surface area contributed by atoms with Crippen molar-refractivity contribution < 1.29 is 13.5 Å². The zero-order valence-corrected chi connectivity index (χ0v) is 9.26. The predicted octanol–water partition coefficient (Wildman–Crippen LogP) is 0.971. The van der Waals surface area contributed by atoms with Gasteiger partial charge in [0.05, 0.1) is 11.4 Å². The number of hydrogen-bond donors (Lipinski definition) is 1. The number of aliphatic hydroxyl groups is 1. The summed E-state index contributed by atoms with van der Waals surface area (Å²) in [5.41, 5.74) is -0.188. The monoisotopic (exact) mass is 206 g/mol. The number of rotatable bonds is 1. The first-order chi connectivity index (χ1) is 5.73. The normalized spacial score (nSPS) is 34.5. The third-order valence-electron chi connectivity index (χ3n) is 3.00. The summed E-state index contributed by atoms with van der Waals surface area (Å²) in [5, 5.41) is 9.03. The highest BCUT2D eigenvalue weighted by Crippen LogP contribution is 2.39. The van der Waals surface area contributed by atoms with Crippen molar-refractivity contribution >= 4 is 9.84 Å². The molecule has 1 aliphatic rings. The molecule has 0 bridgehead atoms. The molecule has 1 aliphatic carbocycles. The van der Waals surface area contributed by atoms with Gasteiger partial charge in [0, 0.05) is 6.26 Å². The average Bonchev–Trinajstić information content (AvgIpc) is 1.92. The first-order valence-corrected chi connectivity index (χ1v) is 6.56. The first kappa shape index (κ1) is 11.0. The number of sulfone groups is 1. The lowest BCUT2D eigenvalue weighted by Gasteiger charge is -2.39. The van der Waals surface area contributed by atoms with Crippen molar-refractivity contribution in [2.75, 3.05) is 6.26 Å². The van der Waals surface area contributed by atoms with Crippen LogP contribution in [-0.2, 0) is 9.84 Å². The summed E-state index contributed by atoms with van der Waals surface area (Å²) >= 11 is 0. The van der Waals surface area contributed by atoms with Crippen LogP contribution in [0, 0.1) is 5.41 Å². The van der Waals surface area contributed by atoms with Crippen molar-refractivity contribution in [3.05, 3.63) is 0 Å². The van der Waals surface area contributed by atoms with Crippen LogP contribution in [0.4, 0.5) is 0 Å². The van der Waals surface area contributed by atoms with Crippen molar-refractivity contribution in [1.82, 2.24) is 0 Å². The average molecular weight is 206 g/mol. The molecule has 4 heteroatoms. The Kier molecular flexibility index (Phi) is 2.74. The number of aliphatic hydroxyl groups excluding tert-OH is 1. The van der Waals surface area contributed by atoms with Crippen molar-refractivity contribution in [1.29, 1.82) is 0 Å². The highest BCUT2D eigenvalue weighted by molar-refractivity contribution is 7.91.